The summed E-state index contributed by atoms with van der Waals surface area (Å²) in [6.07, 6.45) is 3.00. The van der Waals surface area contributed by atoms with Gasteiger partial charge in [-0.25, -0.2) is 0 Å². The smallest absolute Gasteiger partial charge is 0.289 e. The Morgan fingerprint density at radius 3 is 2.64 bits per heavy atom. The van der Waals surface area contributed by atoms with Gasteiger partial charge in [0.05, 0.1) is 18.0 Å². The zero-order valence-corrected chi connectivity index (χ0v) is 13.3. The van der Waals surface area contributed by atoms with E-state index in [0.717, 1.165) is 12.8 Å². The normalized spacial score (nSPS) is 24.5. The number of nitrogens with one attached hydrogen (secondary N) is 1. The molecule has 2 amide bonds. The average molecular weight is 305 g/mol. The summed E-state index contributed by atoms with van der Waals surface area (Å²) in [6.45, 7) is 7.23. The molecule has 22 heavy (non-hydrogen) atoms. The monoisotopic (exact) mass is 305 g/mol. The van der Waals surface area contributed by atoms with Gasteiger partial charge < -0.3 is 14.2 Å². The molecule has 2 fully saturated rings. The minimum absolute atomic E-state index is 0.0756. The van der Waals surface area contributed by atoms with Crippen molar-refractivity contribution in [3.05, 3.63) is 24.2 Å². The number of nitrogens with zero attached hydrogens (tertiary/aromatic N) is 2. The summed E-state index contributed by atoms with van der Waals surface area (Å²) in [6, 6.07) is 3.40. The molecule has 0 radical (unpaired) electrons. The van der Waals surface area contributed by atoms with Crippen molar-refractivity contribution >= 4 is 11.8 Å². The van der Waals surface area contributed by atoms with Crippen molar-refractivity contribution in [2.75, 3.05) is 13.1 Å². The van der Waals surface area contributed by atoms with Crippen LogP contribution in [0.4, 0.5) is 0 Å². The van der Waals surface area contributed by atoms with Crippen molar-refractivity contribution in [2.45, 2.75) is 51.4 Å². The topological polar surface area (TPSA) is 65.8 Å². The number of hydrogen-bond acceptors (Lipinski definition) is 4. The third-order valence-electron chi connectivity index (χ3n) is 4.68. The molecule has 2 saturated heterocycles. The molecule has 1 aromatic rings. The van der Waals surface area contributed by atoms with Crippen molar-refractivity contribution in [3.8, 4) is 0 Å². The third-order valence-corrected chi connectivity index (χ3v) is 4.68. The second kappa shape index (κ2) is 5.43. The first kappa shape index (κ1) is 15.1. The number of carbonyl (C=O) groups excluding carboxylic acids is 2. The van der Waals surface area contributed by atoms with E-state index in [1.165, 1.54) is 6.26 Å². The van der Waals surface area contributed by atoms with E-state index in [2.05, 4.69) is 5.32 Å². The summed E-state index contributed by atoms with van der Waals surface area (Å²) < 4.78 is 5.19. The number of amides is 2. The molecule has 1 aromatic heterocycles. The van der Waals surface area contributed by atoms with Crippen LogP contribution in [0.3, 0.4) is 0 Å². The zero-order chi connectivity index (χ0) is 15.9. The summed E-state index contributed by atoms with van der Waals surface area (Å²) in [5, 5.41) is 3.46. The van der Waals surface area contributed by atoms with E-state index in [0.29, 0.717) is 18.8 Å². The molecule has 3 heterocycles. The van der Waals surface area contributed by atoms with E-state index >= 15 is 0 Å². The molecule has 0 bridgehead atoms. The average Bonchev–Trinajstić information content (AvgIpc) is 3.07. The van der Waals surface area contributed by atoms with Crippen LogP contribution >= 0.6 is 0 Å². The van der Waals surface area contributed by atoms with Crippen molar-refractivity contribution in [1.29, 1.82) is 0 Å². The molecule has 0 saturated carbocycles. The van der Waals surface area contributed by atoms with Crippen LogP contribution in [0.15, 0.2) is 22.8 Å². The fourth-order valence-corrected chi connectivity index (χ4v) is 3.72. The van der Waals surface area contributed by atoms with E-state index in [1.54, 1.807) is 17.0 Å². The van der Waals surface area contributed by atoms with E-state index in [4.69, 9.17) is 4.42 Å². The lowest BCUT2D eigenvalue weighted by Gasteiger charge is -2.46. The standard InChI is InChI=1S/C16H23N3O3/c1-11(2)19-14(20)12(3)17-16(19)6-8-18(9-7-16)15(21)13-5-4-10-22-13/h4-5,10-12,17H,6-9H2,1-3H3. The SMILES string of the molecule is CC1NC2(CCN(C(=O)c3ccco3)CC2)N(C(C)C)C1=O. The first-order valence-electron chi connectivity index (χ1n) is 7.88. The summed E-state index contributed by atoms with van der Waals surface area (Å²) in [7, 11) is 0. The van der Waals surface area contributed by atoms with Crippen LogP contribution in [0.1, 0.15) is 44.2 Å². The maximum Gasteiger partial charge on any atom is 0.289 e. The Balaban J connectivity index is 1.73. The minimum atomic E-state index is -0.315. The summed E-state index contributed by atoms with van der Waals surface area (Å²) in [5.41, 5.74) is -0.315. The van der Waals surface area contributed by atoms with Gasteiger partial charge in [0.2, 0.25) is 5.91 Å². The van der Waals surface area contributed by atoms with Crippen LogP contribution in [-0.4, -0.2) is 52.5 Å². The number of rotatable bonds is 2. The van der Waals surface area contributed by atoms with E-state index < -0.39 is 0 Å². The Bertz CT molecular complexity index is 559. The fraction of sp³-hybridized carbons (Fsp3) is 0.625. The molecule has 2 aliphatic rings. The lowest BCUT2D eigenvalue weighted by atomic mass is 9.94. The molecule has 2 aliphatic heterocycles. The maximum atomic E-state index is 12.4. The summed E-state index contributed by atoms with van der Waals surface area (Å²) in [4.78, 5) is 28.5. The first-order valence-corrected chi connectivity index (χ1v) is 7.88. The van der Waals surface area contributed by atoms with Crippen LogP contribution in [0.25, 0.3) is 0 Å². The Morgan fingerprint density at radius 2 is 2.09 bits per heavy atom. The predicted molar refractivity (Wildman–Crippen MR) is 81.2 cm³/mol. The highest BCUT2D eigenvalue weighted by molar-refractivity contribution is 5.91. The van der Waals surface area contributed by atoms with Crippen molar-refractivity contribution < 1.29 is 14.0 Å². The van der Waals surface area contributed by atoms with Crippen LogP contribution < -0.4 is 5.32 Å². The van der Waals surface area contributed by atoms with Crippen molar-refractivity contribution in [3.63, 3.8) is 0 Å². The largest absolute Gasteiger partial charge is 0.459 e. The molecule has 3 rings (SSSR count). The molecular formula is C16H23N3O3. The number of hydrogen-bond donors (Lipinski definition) is 1. The van der Waals surface area contributed by atoms with Gasteiger partial charge in [-0.05, 0) is 32.9 Å². The highest BCUT2D eigenvalue weighted by atomic mass is 16.3. The molecule has 1 atom stereocenters. The molecule has 0 aliphatic carbocycles. The van der Waals surface area contributed by atoms with E-state index in [1.807, 2.05) is 25.7 Å². The van der Waals surface area contributed by atoms with Gasteiger partial charge in [0.1, 0.15) is 0 Å². The second-order valence-corrected chi connectivity index (χ2v) is 6.47. The summed E-state index contributed by atoms with van der Waals surface area (Å²) >= 11 is 0. The number of likely N-dealkylation sites (tertiary alicyclic amines) is 1. The molecule has 1 unspecified atom stereocenters. The molecule has 1 spiro atoms. The van der Waals surface area contributed by atoms with E-state index in [9.17, 15) is 9.59 Å². The Kier molecular flexibility index (Phi) is 3.72. The fourth-order valence-electron chi connectivity index (χ4n) is 3.72. The van der Waals surface area contributed by atoms with E-state index in [-0.39, 0.29) is 29.6 Å². The van der Waals surface area contributed by atoms with Crippen molar-refractivity contribution in [1.82, 2.24) is 15.1 Å². The predicted octanol–water partition coefficient (Wildman–Crippen LogP) is 1.44. The van der Waals surface area contributed by atoms with Crippen LogP contribution in [0.5, 0.6) is 0 Å². The Morgan fingerprint density at radius 1 is 1.41 bits per heavy atom. The van der Waals surface area contributed by atoms with Gasteiger partial charge in [0, 0.05) is 32.0 Å². The van der Waals surface area contributed by atoms with Gasteiger partial charge in [0.25, 0.3) is 5.91 Å². The van der Waals surface area contributed by atoms with Gasteiger partial charge in [-0.2, -0.15) is 0 Å². The number of carbonyl (C=O) groups is 2. The quantitative estimate of drug-likeness (QED) is 0.898. The molecule has 0 aromatic carbocycles. The Hall–Kier alpha value is -1.82. The Labute approximate surface area is 130 Å². The number of piperidine rings is 1. The lowest BCUT2D eigenvalue weighted by molar-refractivity contribution is -0.135. The molecular weight excluding hydrogens is 282 g/mol. The van der Waals surface area contributed by atoms with Gasteiger partial charge in [0.15, 0.2) is 5.76 Å². The van der Waals surface area contributed by atoms with Crippen LogP contribution in [0, 0.1) is 0 Å². The third kappa shape index (κ3) is 2.31. The molecule has 1 N–H and O–H groups in total. The maximum absolute atomic E-state index is 12.4. The second-order valence-electron chi connectivity index (χ2n) is 6.47. The number of furan rings is 1. The summed E-state index contributed by atoms with van der Waals surface area (Å²) in [5.74, 6) is 0.453. The van der Waals surface area contributed by atoms with Gasteiger partial charge in [-0.1, -0.05) is 0 Å². The highest BCUT2D eigenvalue weighted by Gasteiger charge is 2.51. The minimum Gasteiger partial charge on any atom is -0.459 e. The zero-order valence-electron chi connectivity index (χ0n) is 13.3. The molecule has 6 nitrogen and oxygen atoms in total. The van der Waals surface area contributed by atoms with Crippen LogP contribution in [-0.2, 0) is 4.79 Å². The highest BCUT2D eigenvalue weighted by Crippen LogP contribution is 2.34. The van der Waals surface area contributed by atoms with Crippen molar-refractivity contribution in [2.24, 2.45) is 0 Å². The van der Waals surface area contributed by atoms with Gasteiger partial charge in [-0.15, -0.1) is 0 Å². The van der Waals surface area contributed by atoms with Gasteiger partial charge >= 0.3 is 0 Å². The molecule has 120 valence electrons. The first-order chi connectivity index (χ1) is 10.4. The van der Waals surface area contributed by atoms with Crippen LogP contribution in [0.2, 0.25) is 0 Å². The molecule has 6 heteroatoms. The lowest BCUT2D eigenvalue weighted by Crippen LogP contribution is -2.61. The van der Waals surface area contributed by atoms with Gasteiger partial charge in [-0.3, -0.25) is 14.9 Å².